The molecule has 6 N–H and O–H groups in total. The molecule has 0 aromatic heterocycles. The van der Waals surface area contributed by atoms with Gasteiger partial charge in [-0.3, -0.25) is 9.79 Å². The van der Waals surface area contributed by atoms with E-state index in [-0.39, 0.29) is 12.4 Å². The van der Waals surface area contributed by atoms with E-state index < -0.39 is 17.9 Å². The molecule has 0 saturated heterocycles. The molecule has 2 atom stereocenters. The van der Waals surface area contributed by atoms with E-state index in [2.05, 4.69) is 29.4 Å². The van der Waals surface area contributed by atoms with Gasteiger partial charge in [-0.2, -0.15) is 0 Å². The van der Waals surface area contributed by atoms with Gasteiger partial charge < -0.3 is 21.9 Å². The Kier molecular flexibility index (Phi) is 8.21. The Hall–Kier alpha value is -3.35. The molecule has 29 heavy (non-hydrogen) atoms. The van der Waals surface area contributed by atoms with Gasteiger partial charge in [-0.05, 0) is 48.4 Å². The zero-order valence-electron chi connectivity index (χ0n) is 16.5. The lowest BCUT2D eigenvalue weighted by Crippen LogP contribution is -2.40. The standard InChI is InChI=1S/C22H28N4O3/c1-15(14-16-6-3-2-4-7-16)17-9-11-18(12-10-17)20(27)26-19(21(28)29)8-5-13-25-22(23)24/h2-4,6-7,9-12,15,19H,5,8,13-14H2,1H3,(H,26,27)(H,28,29)(H4,23,24,25). The van der Waals surface area contributed by atoms with Gasteiger partial charge in [-0.25, -0.2) is 4.79 Å². The number of carboxylic acids is 1. The molecule has 154 valence electrons. The largest absolute Gasteiger partial charge is 0.480 e. The molecule has 7 nitrogen and oxygen atoms in total. The number of carbonyl (C=O) groups is 2. The van der Waals surface area contributed by atoms with Crippen LogP contribution in [0.5, 0.6) is 0 Å². The number of nitrogens with zero attached hydrogens (tertiary/aromatic N) is 1. The summed E-state index contributed by atoms with van der Waals surface area (Å²) in [5, 5.41) is 11.9. The second-order valence-corrected chi connectivity index (χ2v) is 7.03. The van der Waals surface area contributed by atoms with Crippen LogP contribution in [0.15, 0.2) is 59.6 Å². The summed E-state index contributed by atoms with van der Waals surface area (Å²) in [4.78, 5) is 27.7. The zero-order valence-corrected chi connectivity index (χ0v) is 16.5. The van der Waals surface area contributed by atoms with Crippen molar-refractivity contribution < 1.29 is 14.7 Å². The smallest absolute Gasteiger partial charge is 0.326 e. The average molecular weight is 396 g/mol. The first kappa shape index (κ1) is 21.9. The van der Waals surface area contributed by atoms with Crippen LogP contribution in [0.25, 0.3) is 0 Å². The van der Waals surface area contributed by atoms with Crippen molar-refractivity contribution in [2.24, 2.45) is 16.5 Å². The Balaban J connectivity index is 1.94. The predicted molar refractivity (Wildman–Crippen MR) is 114 cm³/mol. The van der Waals surface area contributed by atoms with E-state index in [1.807, 2.05) is 30.3 Å². The van der Waals surface area contributed by atoms with Gasteiger partial charge in [-0.15, -0.1) is 0 Å². The molecule has 2 unspecified atom stereocenters. The maximum Gasteiger partial charge on any atom is 0.326 e. The Bertz CT molecular complexity index is 831. The maximum absolute atomic E-state index is 12.4. The van der Waals surface area contributed by atoms with E-state index in [0.717, 1.165) is 12.0 Å². The molecule has 0 spiro atoms. The van der Waals surface area contributed by atoms with E-state index in [1.54, 1.807) is 12.1 Å². The number of nitrogens with one attached hydrogen (secondary N) is 1. The van der Waals surface area contributed by atoms with Crippen molar-refractivity contribution in [1.82, 2.24) is 5.32 Å². The quantitative estimate of drug-likeness (QED) is 0.278. The summed E-state index contributed by atoms with van der Waals surface area (Å²) in [7, 11) is 0. The normalized spacial score (nSPS) is 12.6. The van der Waals surface area contributed by atoms with Crippen LogP contribution in [-0.4, -0.2) is 35.5 Å². The lowest BCUT2D eigenvalue weighted by molar-refractivity contribution is -0.139. The number of guanidine groups is 1. The molecule has 0 saturated carbocycles. The summed E-state index contributed by atoms with van der Waals surface area (Å²) in [6.07, 6.45) is 1.60. The van der Waals surface area contributed by atoms with E-state index in [0.29, 0.717) is 24.4 Å². The molecule has 2 aromatic carbocycles. The SMILES string of the molecule is CC(Cc1ccccc1)c1ccc(C(=O)NC(CCCN=C(N)N)C(=O)O)cc1. The summed E-state index contributed by atoms with van der Waals surface area (Å²) in [6.45, 7) is 2.45. The number of carboxylic acid groups (broad SMARTS) is 1. The van der Waals surface area contributed by atoms with Gasteiger partial charge in [0.15, 0.2) is 5.96 Å². The van der Waals surface area contributed by atoms with Gasteiger partial charge in [0.1, 0.15) is 6.04 Å². The summed E-state index contributed by atoms with van der Waals surface area (Å²) in [5.41, 5.74) is 13.3. The fourth-order valence-corrected chi connectivity index (χ4v) is 3.05. The van der Waals surface area contributed by atoms with Crippen LogP contribution in [0, 0.1) is 0 Å². The monoisotopic (exact) mass is 396 g/mol. The second-order valence-electron chi connectivity index (χ2n) is 7.03. The molecule has 0 aliphatic heterocycles. The van der Waals surface area contributed by atoms with Crippen LogP contribution in [0.4, 0.5) is 0 Å². The number of aliphatic imine (C=N–C) groups is 1. The number of rotatable bonds is 10. The third-order valence-electron chi connectivity index (χ3n) is 4.68. The molecule has 0 heterocycles. The van der Waals surface area contributed by atoms with Gasteiger partial charge in [0, 0.05) is 12.1 Å². The van der Waals surface area contributed by atoms with Crippen molar-refractivity contribution >= 4 is 17.8 Å². The molecule has 1 amide bonds. The minimum absolute atomic E-state index is 0.0394. The fourth-order valence-electron chi connectivity index (χ4n) is 3.05. The first-order chi connectivity index (χ1) is 13.9. The molecule has 0 aliphatic rings. The minimum Gasteiger partial charge on any atom is -0.480 e. The summed E-state index contributed by atoms with van der Waals surface area (Å²) in [5.74, 6) is -1.24. The van der Waals surface area contributed by atoms with Crippen molar-refractivity contribution in [1.29, 1.82) is 0 Å². The molecular formula is C22H28N4O3. The first-order valence-electron chi connectivity index (χ1n) is 9.59. The van der Waals surface area contributed by atoms with Crippen LogP contribution in [0.1, 0.15) is 47.2 Å². The predicted octanol–water partition coefficient (Wildman–Crippen LogP) is 2.27. The number of hydrogen-bond donors (Lipinski definition) is 4. The van der Waals surface area contributed by atoms with Gasteiger partial charge >= 0.3 is 5.97 Å². The van der Waals surface area contributed by atoms with Crippen molar-refractivity contribution in [2.75, 3.05) is 6.54 Å². The summed E-state index contributed by atoms with van der Waals surface area (Å²) in [6, 6.07) is 16.5. The number of nitrogens with two attached hydrogens (primary N) is 2. The van der Waals surface area contributed by atoms with Crippen molar-refractivity contribution in [2.45, 2.75) is 38.1 Å². The van der Waals surface area contributed by atoms with Crippen molar-refractivity contribution in [3.63, 3.8) is 0 Å². The maximum atomic E-state index is 12.4. The highest BCUT2D eigenvalue weighted by atomic mass is 16.4. The first-order valence-corrected chi connectivity index (χ1v) is 9.59. The molecule has 0 bridgehead atoms. The highest BCUT2D eigenvalue weighted by molar-refractivity contribution is 5.96. The average Bonchev–Trinajstić information content (AvgIpc) is 2.70. The fraction of sp³-hybridized carbons (Fsp3) is 0.318. The van der Waals surface area contributed by atoms with E-state index in [4.69, 9.17) is 11.5 Å². The molecule has 2 aromatic rings. The van der Waals surface area contributed by atoms with E-state index in [9.17, 15) is 14.7 Å². The van der Waals surface area contributed by atoms with Crippen LogP contribution in [0.3, 0.4) is 0 Å². The van der Waals surface area contributed by atoms with Gasteiger partial charge in [0.05, 0.1) is 0 Å². The second kappa shape index (κ2) is 10.8. The Morgan fingerprint density at radius 2 is 1.72 bits per heavy atom. The van der Waals surface area contributed by atoms with Gasteiger partial charge in [0.2, 0.25) is 0 Å². The lowest BCUT2D eigenvalue weighted by Gasteiger charge is -2.15. The van der Waals surface area contributed by atoms with Gasteiger partial charge in [0.25, 0.3) is 5.91 Å². The molecule has 2 rings (SSSR count). The molecule has 0 fully saturated rings. The summed E-state index contributed by atoms with van der Waals surface area (Å²) >= 11 is 0. The zero-order chi connectivity index (χ0) is 21.2. The van der Waals surface area contributed by atoms with E-state index >= 15 is 0 Å². The van der Waals surface area contributed by atoms with Crippen LogP contribution < -0.4 is 16.8 Å². The topological polar surface area (TPSA) is 131 Å². The lowest BCUT2D eigenvalue weighted by atomic mass is 9.93. The molecule has 0 radical (unpaired) electrons. The van der Waals surface area contributed by atoms with Crippen LogP contribution >= 0.6 is 0 Å². The minimum atomic E-state index is -1.09. The van der Waals surface area contributed by atoms with Crippen molar-refractivity contribution in [3.8, 4) is 0 Å². The van der Waals surface area contributed by atoms with Crippen LogP contribution in [0.2, 0.25) is 0 Å². The Labute approximate surface area is 170 Å². The third kappa shape index (κ3) is 7.29. The highest BCUT2D eigenvalue weighted by Crippen LogP contribution is 2.21. The van der Waals surface area contributed by atoms with Gasteiger partial charge in [-0.1, -0.05) is 49.4 Å². The summed E-state index contributed by atoms with van der Waals surface area (Å²) < 4.78 is 0. The number of hydrogen-bond acceptors (Lipinski definition) is 3. The number of amides is 1. The number of aliphatic carboxylic acids is 1. The molecular weight excluding hydrogens is 368 g/mol. The molecule has 7 heteroatoms. The van der Waals surface area contributed by atoms with Crippen molar-refractivity contribution in [3.05, 3.63) is 71.3 Å². The molecule has 0 aliphatic carbocycles. The Morgan fingerprint density at radius 1 is 1.07 bits per heavy atom. The number of benzene rings is 2. The number of carbonyl (C=O) groups excluding carboxylic acids is 1. The highest BCUT2D eigenvalue weighted by Gasteiger charge is 2.20. The van der Waals surface area contributed by atoms with Crippen LogP contribution in [-0.2, 0) is 11.2 Å². The Morgan fingerprint density at radius 3 is 2.31 bits per heavy atom. The third-order valence-corrected chi connectivity index (χ3v) is 4.68. The van der Waals surface area contributed by atoms with E-state index in [1.165, 1.54) is 5.56 Å².